The Morgan fingerprint density at radius 3 is 2.41 bits per heavy atom. The van der Waals surface area contributed by atoms with Crippen LogP contribution in [-0.4, -0.2) is 16.8 Å². The monoisotopic (exact) mass is 313 g/mol. The van der Waals surface area contributed by atoms with Crippen LogP contribution in [0.15, 0.2) is 58.9 Å². The first-order valence-corrected chi connectivity index (χ1v) is 7.25. The quantitative estimate of drug-likeness (QED) is 0.774. The van der Waals surface area contributed by atoms with Crippen LogP contribution in [-0.2, 0) is 0 Å². The predicted octanol–water partition coefficient (Wildman–Crippen LogP) is 3.24. The first-order chi connectivity index (χ1) is 10.7. The van der Waals surface area contributed by atoms with E-state index in [1.165, 1.54) is 23.9 Å². The number of nitrogens with one attached hydrogen (secondary N) is 2. The average molecular weight is 313 g/mol. The Balaban J connectivity index is 1.65. The third kappa shape index (κ3) is 3.21. The van der Waals surface area contributed by atoms with E-state index in [4.69, 9.17) is 4.42 Å². The Morgan fingerprint density at radius 1 is 1.00 bits per heavy atom. The van der Waals surface area contributed by atoms with E-state index in [9.17, 15) is 9.59 Å². The highest BCUT2D eigenvalue weighted by Gasteiger charge is 2.09. The predicted molar refractivity (Wildman–Crippen MR) is 83.2 cm³/mol. The molecule has 2 N–H and O–H groups in total. The molecule has 0 saturated carbocycles. The minimum absolute atomic E-state index is 0.248. The number of rotatable bonds is 4. The molecule has 3 aromatic rings. The Morgan fingerprint density at radius 2 is 1.77 bits per heavy atom. The lowest BCUT2D eigenvalue weighted by Gasteiger charge is -2.05. The van der Waals surface area contributed by atoms with Gasteiger partial charge in [-0.25, -0.2) is 4.98 Å². The second-order valence-electron chi connectivity index (χ2n) is 4.33. The van der Waals surface area contributed by atoms with Crippen molar-refractivity contribution in [1.82, 2.24) is 4.98 Å². The topological polar surface area (TPSA) is 84.2 Å². The van der Waals surface area contributed by atoms with Gasteiger partial charge in [0.1, 0.15) is 6.26 Å². The van der Waals surface area contributed by atoms with Gasteiger partial charge in [-0.1, -0.05) is 0 Å². The van der Waals surface area contributed by atoms with Gasteiger partial charge in [-0.2, -0.15) is 0 Å². The molecule has 7 heteroatoms. The Labute approximate surface area is 129 Å². The Kier molecular flexibility index (Phi) is 3.97. The number of anilines is 2. The van der Waals surface area contributed by atoms with Crippen LogP contribution in [0.25, 0.3) is 0 Å². The van der Waals surface area contributed by atoms with Gasteiger partial charge in [-0.3, -0.25) is 14.9 Å². The Bertz CT molecular complexity index is 765. The second kappa shape index (κ2) is 6.23. The van der Waals surface area contributed by atoms with E-state index in [0.29, 0.717) is 21.9 Å². The number of benzene rings is 1. The molecule has 0 aliphatic carbocycles. The van der Waals surface area contributed by atoms with Gasteiger partial charge in [0.2, 0.25) is 0 Å². The molecule has 110 valence electrons. The van der Waals surface area contributed by atoms with Crippen LogP contribution >= 0.6 is 11.3 Å². The molecule has 0 spiro atoms. The second-order valence-corrected chi connectivity index (χ2v) is 5.23. The first-order valence-electron chi connectivity index (χ1n) is 6.37. The average Bonchev–Trinajstić information content (AvgIpc) is 3.21. The van der Waals surface area contributed by atoms with Crippen molar-refractivity contribution in [2.75, 3.05) is 10.6 Å². The van der Waals surface area contributed by atoms with Crippen molar-refractivity contribution in [2.24, 2.45) is 0 Å². The molecule has 22 heavy (non-hydrogen) atoms. The lowest BCUT2D eigenvalue weighted by molar-refractivity contribution is 0.101. The molecular weight excluding hydrogens is 302 g/mol. The van der Waals surface area contributed by atoms with E-state index < -0.39 is 0 Å². The molecule has 0 saturated heterocycles. The number of nitrogens with zero attached hydrogens (tertiary/aromatic N) is 1. The van der Waals surface area contributed by atoms with E-state index in [0.717, 1.165) is 0 Å². The van der Waals surface area contributed by atoms with Gasteiger partial charge < -0.3 is 9.73 Å². The van der Waals surface area contributed by atoms with Crippen molar-refractivity contribution in [1.29, 1.82) is 0 Å². The molecule has 3 rings (SSSR count). The van der Waals surface area contributed by atoms with Crippen molar-refractivity contribution >= 4 is 34.0 Å². The summed E-state index contributed by atoms with van der Waals surface area (Å²) >= 11 is 1.35. The number of amides is 2. The molecule has 0 atom stereocenters. The number of carbonyl (C=O) groups excluding carboxylic acids is 2. The summed E-state index contributed by atoms with van der Waals surface area (Å²) in [5, 5.41) is 7.73. The number of thiazole rings is 1. The van der Waals surface area contributed by atoms with Crippen LogP contribution in [0.5, 0.6) is 0 Å². The standard InChI is InChI=1S/C15H11N3O3S/c19-13(18-15-16-6-8-22-15)10-1-3-12(4-2-10)17-14(20)11-5-7-21-9-11/h1-9H,(H,17,20)(H,16,18,19). The zero-order valence-electron chi connectivity index (χ0n) is 11.3. The van der Waals surface area contributed by atoms with Crippen LogP contribution in [0.1, 0.15) is 20.7 Å². The van der Waals surface area contributed by atoms with Gasteiger partial charge in [0, 0.05) is 22.8 Å². The molecule has 0 aliphatic rings. The summed E-state index contributed by atoms with van der Waals surface area (Å²) in [7, 11) is 0. The summed E-state index contributed by atoms with van der Waals surface area (Å²) in [6, 6.07) is 8.16. The zero-order valence-corrected chi connectivity index (χ0v) is 12.1. The molecule has 2 amide bonds. The fraction of sp³-hybridized carbons (Fsp3) is 0. The number of furan rings is 1. The van der Waals surface area contributed by atoms with Gasteiger partial charge in [0.15, 0.2) is 5.13 Å². The summed E-state index contributed by atoms with van der Waals surface area (Å²) in [6.45, 7) is 0. The van der Waals surface area contributed by atoms with Crippen molar-refractivity contribution in [3.8, 4) is 0 Å². The molecule has 6 nitrogen and oxygen atoms in total. The summed E-state index contributed by atoms with van der Waals surface area (Å²) in [5.74, 6) is -0.517. The highest BCUT2D eigenvalue weighted by molar-refractivity contribution is 7.13. The largest absolute Gasteiger partial charge is 0.472 e. The minimum Gasteiger partial charge on any atom is -0.472 e. The van der Waals surface area contributed by atoms with Gasteiger partial charge in [0.25, 0.3) is 11.8 Å². The van der Waals surface area contributed by atoms with Crippen LogP contribution in [0.3, 0.4) is 0 Å². The highest BCUT2D eigenvalue weighted by atomic mass is 32.1. The van der Waals surface area contributed by atoms with Crippen LogP contribution in [0.4, 0.5) is 10.8 Å². The van der Waals surface area contributed by atoms with E-state index in [-0.39, 0.29) is 11.8 Å². The molecular formula is C15H11N3O3S. The van der Waals surface area contributed by atoms with Gasteiger partial charge in [-0.15, -0.1) is 11.3 Å². The summed E-state index contributed by atoms with van der Waals surface area (Å²) in [6.07, 6.45) is 4.42. The van der Waals surface area contributed by atoms with Crippen LogP contribution in [0.2, 0.25) is 0 Å². The van der Waals surface area contributed by atoms with Crippen molar-refractivity contribution in [2.45, 2.75) is 0 Å². The zero-order chi connectivity index (χ0) is 15.4. The maximum atomic E-state index is 12.0. The lowest BCUT2D eigenvalue weighted by Crippen LogP contribution is -2.13. The van der Waals surface area contributed by atoms with E-state index in [1.54, 1.807) is 41.9 Å². The normalized spacial score (nSPS) is 10.2. The molecule has 0 bridgehead atoms. The third-order valence-corrected chi connectivity index (χ3v) is 3.53. The number of hydrogen-bond donors (Lipinski definition) is 2. The smallest absolute Gasteiger partial charge is 0.258 e. The van der Waals surface area contributed by atoms with Crippen LogP contribution in [0, 0.1) is 0 Å². The molecule has 2 heterocycles. The van der Waals surface area contributed by atoms with E-state index in [2.05, 4.69) is 15.6 Å². The van der Waals surface area contributed by atoms with Crippen molar-refractivity contribution < 1.29 is 14.0 Å². The Hall–Kier alpha value is -2.93. The fourth-order valence-electron chi connectivity index (χ4n) is 1.76. The maximum absolute atomic E-state index is 12.0. The van der Waals surface area contributed by atoms with Crippen molar-refractivity contribution in [3.63, 3.8) is 0 Å². The summed E-state index contributed by atoms with van der Waals surface area (Å²) < 4.78 is 4.86. The van der Waals surface area contributed by atoms with Crippen molar-refractivity contribution in [3.05, 3.63) is 65.6 Å². The van der Waals surface area contributed by atoms with E-state index in [1.807, 2.05) is 0 Å². The van der Waals surface area contributed by atoms with Gasteiger partial charge >= 0.3 is 0 Å². The molecule has 0 aliphatic heterocycles. The van der Waals surface area contributed by atoms with Gasteiger partial charge in [-0.05, 0) is 30.3 Å². The molecule has 0 radical (unpaired) electrons. The highest BCUT2D eigenvalue weighted by Crippen LogP contribution is 2.15. The first kappa shape index (κ1) is 14.0. The summed E-state index contributed by atoms with van der Waals surface area (Å²) in [4.78, 5) is 27.8. The fourth-order valence-corrected chi connectivity index (χ4v) is 2.28. The third-order valence-electron chi connectivity index (χ3n) is 2.84. The SMILES string of the molecule is O=C(Nc1ccc(C(=O)Nc2nccs2)cc1)c1ccoc1. The molecule has 0 unspecified atom stereocenters. The number of hydrogen-bond acceptors (Lipinski definition) is 5. The van der Waals surface area contributed by atoms with Gasteiger partial charge in [0.05, 0.1) is 11.8 Å². The summed E-state index contributed by atoms with van der Waals surface area (Å²) in [5.41, 5.74) is 1.51. The maximum Gasteiger partial charge on any atom is 0.258 e. The number of carbonyl (C=O) groups is 2. The van der Waals surface area contributed by atoms with Crippen LogP contribution < -0.4 is 10.6 Å². The molecule has 0 fully saturated rings. The number of aromatic nitrogens is 1. The van der Waals surface area contributed by atoms with E-state index >= 15 is 0 Å². The minimum atomic E-state index is -0.270. The lowest BCUT2D eigenvalue weighted by atomic mass is 10.2. The molecule has 2 aromatic heterocycles. The molecule has 1 aromatic carbocycles.